The van der Waals surface area contributed by atoms with Crippen molar-refractivity contribution >= 4 is 17.5 Å². The van der Waals surface area contributed by atoms with Gasteiger partial charge in [-0.3, -0.25) is 4.79 Å². The number of hydrogen-bond acceptors (Lipinski definition) is 6. The third kappa shape index (κ3) is 4.88. The molecule has 2 heterocycles. The molecule has 0 saturated carbocycles. The molecule has 1 N–H and O–H groups in total. The SMILES string of the molecule is CCc1noc(CCCC(=O)NCc2cc(Cl)c3c(c2)OCCCO3)n1. The molecule has 0 atom stereocenters. The summed E-state index contributed by atoms with van der Waals surface area (Å²) in [4.78, 5) is 16.3. The van der Waals surface area contributed by atoms with Crippen molar-refractivity contribution in [1.82, 2.24) is 15.5 Å². The maximum atomic E-state index is 12.0. The highest BCUT2D eigenvalue weighted by atomic mass is 35.5. The number of hydrogen-bond donors (Lipinski definition) is 1. The third-order valence-corrected chi connectivity index (χ3v) is 4.25. The van der Waals surface area contributed by atoms with Gasteiger partial charge in [-0.1, -0.05) is 23.7 Å². The van der Waals surface area contributed by atoms with Crippen molar-refractivity contribution < 1.29 is 18.8 Å². The van der Waals surface area contributed by atoms with Crippen molar-refractivity contribution in [2.75, 3.05) is 13.2 Å². The Balaban J connectivity index is 1.46. The summed E-state index contributed by atoms with van der Waals surface area (Å²) in [5.74, 6) is 2.43. The first-order valence-corrected chi connectivity index (χ1v) is 9.19. The number of aryl methyl sites for hydroxylation is 2. The molecule has 1 amide bonds. The Morgan fingerprint density at radius 3 is 2.96 bits per heavy atom. The number of amides is 1. The Morgan fingerprint density at radius 1 is 1.31 bits per heavy atom. The number of ether oxygens (including phenoxy) is 2. The molecule has 2 aromatic rings. The molecule has 1 aliphatic rings. The molecule has 0 spiro atoms. The fraction of sp³-hybridized carbons (Fsp3) is 0.500. The van der Waals surface area contributed by atoms with Crippen LogP contribution in [0.4, 0.5) is 0 Å². The van der Waals surface area contributed by atoms with Gasteiger partial charge in [-0.05, 0) is 24.1 Å². The van der Waals surface area contributed by atoms with Gasteiger partial charge in [0.1, 0.15) is 0 Å². The Labute approximate surface area is 157 Å². The maximum absolute atomic E-state index is 12.0. The summed E-state index contributed by atoms with van der Waals surface area (Å²) in [5, 5.41) is 7.22. The highest BCUT2D eigenvalue weighted by Gasteiger charge is 2.16. The molecule has 0 aliphatic carbocycles. The molecule has 140 valence electrons. The number of nitrogens with zero attached hydrogens (tertiary/aromatic N) is 2. The average molecular weight is 380 g/mol. The summed E-state index contributed by atoms with van der Waals surface area (Å²) in [7, 11) is 0. The minimum absolute atomic E-state index is 0.0385. The molecule has 8 heteroatoms. The highest BCUT2D eigenvalue weighted by Crippen LogP contribution is 2.37. The zero-order valence-corrected chi connectivity index (χ0v) is 15.5. The van der Waals surface area contributed by atoms with Crippen LogP contribution in [0, 0.1) is 0 Å². The smallest absolute Gasteiger partial charge is 0.226 e. The third-order valence-electron chi connectivity index (χ3n) is 3.97. The summed E-state index contributed by atoms with van der Waals surface area (Å²) in [6.07, 6.45) is 3.19. The first kappa shape index (κ1) is 18.5. The molecule has 1 aliphatic heterocycles. The normalized spacial score (nSPS) is 13.3. The van der Waals surface area contributed by atoms with Gasteiger partial charge >= 0.3 is 0 Å². The minimum Gasteiger partial charge on any atom is -0.489 e. The van der Waals surface area contributed by atoms with Crippen LogP contribution in [0.15, 0.2) is 16.7 Å². The zero-order valence-electron chi connectivity index (χ0n) is 14.7. The van der Waals surface area contributed by atoms with Gasteiger partial charge in [0.2, 0.25) is 11.8 Å². The maximum Gasteiger partial charge on any atom is 0.226 e. The van der Waals surface area contributed by atoms with E-state index in [0.29, 0.717) is 67.3 Å². The van der Waals surface area contributed by atoms with Crippen molar-refractivity contribution in [1.29, 1.82) is 0 Å². The van der Waals surface area contributed by atoms with Crippen molar-refractivity contribution in [2.45, 2.75) is 45.6 Å². The van der Waals surface area contributed by atoms with E-state index in [0.717, 1.165) is 18.4 Å². The molecule has 1 aromatic heterocycles. The Kier molecular flexibility index (Phi) is 6.33. The summed E-state index contributed by atoms with van der Waals surface area (Å²) >= 11 is 6.26. The van der Waals surface area contributed by atoms with E-state index in [1.165, 1.54) is 0 Å². The van der Waals surface area contributed by atoms with Gasteiger partial charge in [0.25, 0.3) is 0 Å². The number of halogens is 1. The number of carbonyl (C=O) groups excluding carboxylic acids is 1. The van der Waals surface area contributed by atoms with Gasteiger partial charge in [-0.15, -0.1) is 0 Å². The summed E-state index contributed by atoms with van der Waals surface area (Å²) in [6, 6.07) is 3.65. The van der Waals surface area contributed by atoms with E-state index in [4.69, 9.17) is 25.6 Å². The molecule has 0 radical (unpaired) electrons. The van der Waals surface area contributed by atoms with Gasteiger partial charge in [-0.2, -0.15) is 4.98 Å². The van der Waals surface area contributed by atoms with E-state index in [9.17, 15) is 4.79 Å². The summed E-state index contributed by atoms with van der Waals surface area (Å²) in [6.45, 7) is 3.53. The van der Waals surface area contributed by atoms with Crippen molar-refractivity contribution in [3.8, 4) is 11.5 Å². The van der Waals surface area contributed by atoms with Crippen molar-refractivity contribution in [3.63, 3.8) is 0 Å². The van der Waals surface area contributed by atoms with E-state index in [1.54, 1.807) is 6.07 Å². The molecule has 7 nitrogen and oxygen atoms in total. The second-order valence-corrected chi connectivity index (χ2v) is 6.45. The molecule has 0 fully saturated rings. The number of nitrogens with one attached hydrogen (secondary N) is 1. The van der Waals surface area contributed by atoms with Crippen molar-refractivity contribution in [2.24, 2.45) is 0 Å². The standard InChI is InChI=1S/C18H22ClN3O4/c1-2-15-21-17(26-22-15)6-3-5-16(23)20-11-12-9-13(19)18-14(10-12)24-7-4-8-25-18/h9-10H,2-8,11H2,1H3,(H,20,23). The van der Waals surface area contributed by atoms with Crippen LogP contribution < -0.4 is 14.8 Å². The van der Waals surface area contributed by atoms with E-state index >= 15 is 0 Å². The Hall–Kier alpha value is -2.28. The minimum atomic E-state index is -0.0385. The summed E-state index contributed by atoms with van der Waals surface area (Å²) in [5.41, 5.74) is 0.872. The van der Waals surface area contributed by atoms with Crippen LogP contribution >= 0.6 is 11.6 Å². The molecule has 0 saturated heterocycles. The number of aromatic nitrogens is 2. The largest absolute Gasteiger partial charge is 0.489 e. The fourth-order valence-corrected chi connectivity index (χ4v) is 2.90. The van der Waals surface area contributed by atoms with Crippen LogP contribution in [0.1, 0.15) is 43.5 Å². The Morgan fingerprint density at radius 2 is 2.15 bits per heavy atom. The number of benzene rings is 1. The van der Waals surface area contributed by atoms with Gasteiger partial charge in [0.15, 0.2) is 17.3 Å². The average Bonchev–Trinajstić information content (AvgIpc) is 2.96. The molecule has 0 unspecified atom stereocenters. The number of fused-ring (bicyclic) bond motifs is 1. The fourth-order valence-electron chi connectivity index (χ4n) is 2.61. The number of rotatable bonds is 7. The van der Waals surface area contributed by atoms with Crippen LogP contribution in [0.3, 0.4) is 0 Å². The molecule has 3 rings (SSSR count). The summed E-state index contributed by atoms with van der Waals surface area (Å²) < 4.78 is 16.4. The number of carbonyl (C=O) groups is 1. The van der Waals surface area contributed by atoms with Crippen LogP contribution in [-0.2, 0) is 24.2 Å². The van der Waals surface area contributed by atoms with E-state index in [-0.39, 0.29) is 5.91 Å². The molecular weight excluding hydrogens is 358 g/mol. The highest BCUT2D eigenvalue weighted by molar-refractivity contribution is 6.32. The van der Waals surface area contributed by atoms with Crippen LogP contribution in [0.25, 0.3) is 0 Å². The second-order valence-electron chi connectivity index (χ2n) is 6.04. The zero-order chi connectivity index (χ0) is 18.4. The molecular formula is C18H22ClN3O4. The lowest BCUT2D eigenvalue weighted by Crippen LogP contribution is -2.22. The Bertz CT molecular complexity index is 763. The molecule has 0 bridgehead atoms. The quantitative estimate of drug-likeness (QED) is 0.795. The van der Waals surface area contributed by atoms with Gasteiger partial charge in [0, 0.05) is 32.2 Å². The van der Waals surface area contributed by atoms with Crippen LogP contribution in [0.5, 0.6) is 11.5 Å². The lowest BCUT2D eigenvalue weighted by atomic mass is 10.2. The first-order valence-electron chi connectivity index (χ1n) is 8.82. The van der Waals surface area contributed by atoms with Gasteiger partial charge in [-0.25, -0.2) is 0 Å². The first-order chi connectivity index (χ1) is 12.7. The molecule has 1 aromatic carbocycles. The van der Waals surface area contributed by atoms with Crippen molar-refractivity contribution in [3.05, 3.63) is 34.4 Å². The van der Waals surface area contributed by atoms with Gasteiger partial charge in [0.05, 0.1) is 18.2 Å². The predicted octanol–water partition coefficient (Wildman–Crippen LogP) is 3.09. The van der Waals surface area contributed by atoms with E-state index in [2.05, 4.69) is 15.5 Å². The predicted molar refractivity (Wildman–Crippen MR) is 95.5 cm³/mol. The van der Waals surface area contributed by atoms with Gasteiger partial charge < -0.3 is 19.3 Å². The van der Waals surface area contributed by atoms with Crippen LogP contribution in [-0.4, -0.2) is 29.3 Å². The van der Waals surface area contributed by atoms with E-state index in [1.807, 2.05) is 13.0 Å². The second kappa shape index (κ2) is 8.89. The monoisotopic (exact) mass is 379 g/mol. The molecule has 26 heavy (non-hydrogen) atoms. The topological polar surface area (TPSA) is 86.5 Å². The lowest BCUT2D eigenvalue weighted by Gasteiger charge is -2.12. The van der Waals surface area contributed by atoms with Crippen LogP contribution in [0.2, 0.25) is 5.02 Å². The lowest BCUT2D eigenvalue weighted by molar-refractivity contribution is -0.121. The van der Waals surface area contributed by atoms with E-state index < -0.39 is 0 Å².